The van der Waals surface area contributed by atoms with Crippen LogP contribution in [0.2, 0.25) is 0 Å². The molecule has 0 bridgehead atoms. The molecule has 0 aliphatic heterocycles. The number of benzene rings is 1. The Morgan fingerprint density at radius 3 is 2.38 bits per heavy atom. The van der Waals surface area contributed by atoms with Crippen molar-refractivity contribution in [2.24, 2.45) is 5.73 Å². The highest BCUT2D eigenvalue weighted by atomic mass is 16.6. The summed E-state index contributed by atoms with van der Waals surface area (Å²) in [6.07, 6.45) is 5.57. The van der Waals surface area contributed by atoms with Crippen molar-refractivity contribution in [3.8, 4) is 0 Å². The standard InChI is InChI=1S/C16H25N3O2/c1-2-18(15-9-5-14(17)6-10-15)12-11-13-3-7-16(8-4-13)19(20)21/h3-4,7-8,14-15H,2,5-6,9-12,17H2,1H3. The number of hydrogen-bond donors (Lipinski definition) is 1. The molecular formula is C16H25N3O2. The van der Waals surface area contributed by atoms with Gasteiger partial charge in [0.1, 0.15) is 0 Å². The van der Waals surface area contributed by atoms with Gasteiger partial charge in [-0.1, -0.05) is 19.1 Å². The van der Waals surface area contributed by atoms with Crippen molar-refractivity contribution >= 4 is 5.69 Å². The van der Waals surface area contributed by atoms with Crippen molar-refractivity contribution in [2.75, 3.05) is 13.1 Å². The highest BCUT2D eigenvalue weighted by Gasteiger charge is 2.22. The predicted octanol–water partition coefficient (Wildman–Crippen LogP) is 2.73. The van der Waals surface area contributed by atoms with E-state index < -0.39 is 0 Å². The lowest BCUT2D eigenvalue weighted by Gasteiger charge is -2.35. The minimum atomic E-state index is -0.354. The van der Waals surface area contributed by atoms with Crippen LogP contribution in [-0.4, -0.2) is 35.0 Å². The van der Waals surface area contributed by atoms with Crippen LogP contribution < -0.4 is 5.73 Å². The Hall–Kier alpha value is -1.46. The van der Waals surface area contributed by atoms with Crippen LogP contribution in [-0.2, 0) is 6.42 Å². The van der Waals surface area contributed by atoms with Gasteiger partial charge in [-0.15, -0.1) is 0 Å². The first-order chi connectivity index (χ1) is 10.1. The number of likely N-dealkylation sites (N-methyl/N-ethyl adjacent to an activating group) is 1. The van der Waals surface area contributed by atoms with E-state index in [1.807, 2.05) is 12.1 Å². The zero-order valence-corrected chi connectivity index (χ0v) is 12.7. The number of nitro benzene ring substituents is 1. The minimum absolute atomic E-state index is 0.160. The van der Waals surface area contributed by atoms with E-state index in [9.17, 15) is 10.1 Å². The number of nitro groups is 1. The molecule has 0 atom stereocenters. The fraction of sp³-hybridized carbons (Fsp3) is 0.625. The van der Waals surface area contributed by atoms with Gasteiger partial charge in [0.05, 0.1) is 4.92 Å². The van der Waals surface area contributed by atoms with E-state index in [-0.39, 0.29) is 10.6 Å². The van der Waals surface area contributed by atoms with Crippen LogP contribution in [0.5, 0.6) is 0 Å². The highest BCUT2D eigenvalue weighted by Crippen LogP contribution is 2.22. The topological polar surface area (TPSA) is 72.4 Å². The van der Waals surface area contributed by atoms with Gasteiger partial charge in [-0.25, -0.2) is 0 Å². The molecule has 1 fully saturated rings. The summed E-state index contributed by atoms with van der Waals surface area (Å²) in [4.78, 5) is 12.8. The summed E-state index contributed by atoms with van der Waals surface area (Å²) in [6, 6.07) is 7.93. The SMILES string of the molecule is CCN(CCc1ccc([N+](=O)[O-])cc1)C1CCC(N)CC1. The van der Waals surface area contributed by atoms with Crippen molar-refractivity contribution in [1.29, 1.82) is 0 Å². The summed E-state index contributed by atoms with van der Waals surface area (Å²) in [7, 11) is 0. The van der Waals surface area contributed by atoms with Crippen LogP contribution in [0.4, 0.5) is 5.69 Å². The second kappa shape index (κ2) is 7.52. The molecule has 0 radical (unpaired) electrons. The van der Waals surface area contributed by atoms with Gasteiger partial charge in [0.15, 0.2) is 0 Å². The fourth-order valence-corrected chi connectivity index (χ4v) is 3.12. The Morgan fingerprint density at radius 2 is 1.86 bits per heavy atom. The van der Waals surface area contributed by atoms with Crippen molar-refractivity contribution < 1.29 is 4.92 Å². The summed E-state index contributed by atoms with van der Waals surface area (Å²) in [5.74, 6) is 0. The maximum Gasteiger partial charge on any atom is 0.269 e. The lowest BCUT2D eigenvalue weighted by atomic mass is 9.90. The Kier molecular flexibility index (Phi) is 5.70. The maximum atomic E-state index is 10.6. The van der Waals surface area contributed by atoms with E-state index in [1.165, 1.54) is 12.8 Å². The van der Waals surface area contributed by atoms with E-state index in [0.717, 1.165) is 37.9 Å². The molecule has 0 heterocycles. The molecular weight excluding hydrogens is 266 g/mol. The van der Waals surface area contributed by atoms with Gasteiger partial charge in [-0.3, -0.25) is 10.1 Å². The normalized spacial score (nSPS) is 22.4. The number of nitrogens with two attached hydrogens (primary N) is 1. The Balaban J connectivity index is 1.86. The third-order valence-corrected chi connectivity index (χ3v) is 4.50. The van der Waals surface area contributed by atoms with Crippen molar-refractivity contribution in [3.63, 3.8) is 0 Å². The summed E-state index contributed by atoms with van der Waals surface area (Å²) < 4.78 is 0. The molecule has 5 nitrogen and oxygen atoms in total. The zero-order chi connectivity index (χ0) is 15.2. The van der Waals surface area contributed by atoms with Crippen molar-refractivity contribution in [1.82, 2.24) is 4.90 Å². The third-order valence-electron chi connectivity index (χ3n) is 4.50. The van der Waals surface area contributed by atoms with Gasteiger partial charge in [0, 0.05) is 30.8 Å². The minimum Gasteiger partial charge on any atom is -0.328 e. The third kappa shape index (κ3) is 4.51. The largest absolute Gasteiger partial charge is 0.328 e. The van der Waals surface area contributed by atoms with E-state index in [1.54, 1.807) is 12.1 Å². The van der Waals surface area contributed by atoms with Crippen LogP contribution in [0.15, 0.2) is 24.3 Å². The van der Waals surface area contributed by atoms with Crippen molar-refractivity contribution in [2.45, 2.75) is 51.1 Å². The maximum absolute atomic E-state index is 10.6. The molecule has 0 aromatic heterocycles. The van der Waals surface area contributed by atoms with Gasteiger partial charge in [-0.05, 0) is 44.2 Å². The van der Waals surface area contributed by atoms with Gasteiger partial charge < -0.3 is 10.6 Å². The van der Waals surface area contributed by atoms with Crippen LogP contribution in [0.3, 0.4) is 0 Å². The van der Waals surface area contributed by atoms with E-state index in [4.69, 9.17) is 5.73 Å². The van der Waals surface area contributed by atoms with Crippen LogP contribution in [0.1, 0.15) is 38.2 Å². The number of hydrogen-bond acceptors (Lipinski definition) is 4. The number of non-ortho nitro benzene ring substituents is 1. The average molecular weight is 291 g/mol. The first-order valence-electron chi connectivity index (χ1n) is 7.83. The number of rotatable bonds is 6. The lowest BCUT2D eigenvalue weighted by Crippen LogP contribution is -2.41. The molecule has 1 saturated carbocycles. The van der Waals surface area contributed by atoms with Crippen LogP contribution in [0, 0.1) is 10.1 Å². The number of nitrogens with zero attached hydrogens (tertiary/aromatic N) is 2. The average Bonchev–Trinajstić information content (AvgIpc) is 2.50. The molecule has 1 aromatic rings. The molecule has 0 spiro atoms. The van der Waals surface area contributed by atoms with Gasteiger partial charge in [-0.2, -0.15) is 0 Å². The van der Waals surface area contributed by atoms with E-state index >= 15 is 0 Å². The van der Waals surface area contributed by atoms with Gasteiger partial charge >= 0.3 is 0 Å². The van der Waals surface area contributed by atoms with Gasteiger partial charge in [0.2, 0.25) is 0 Å². The van der Waals surface area contributed by atoms with E-state index in [0.29, 0.717) is 12.1 Å². The monoisotopic (exact) mass is 291 g/mol. The zero-order valence-electron chi connectivity index (χ0n) is 12.7. The summed E-state index contributed by atoms with van der Waals surface area (Å²) in [5, 5.41) is 10.6. The molecule has 0 unspecified atom stereocenters. The lowest BCUT2D eigenvalue weighted by molar-refractivity contribution is -0.384. The second-order valence-corrected chi connectivity index (χ2v) is 5.87. The highest BCUT2D eigenvalue weighted by molar-refractivity contribution is 5.32. The van der Waals surface area contributed by atoms with Crippen molar-refractivity contribution in [3.05, 3.63) is 39.9 Å². The molecule has 5 heteroatoms. The summed E-state index contributed by atoms with van der Waals surface area (Å²) in [5.41, 5.74) is 7.29. The Bertz CT molecular complexity index is 453. The molecule has 2 rings (SSSR count). The van der Waals surface area contributed by atoms with Crippen LogP contribution in [0.25, 0.3) is 0 Å². The second-order valence-electron chi connectivity index (χ2n) is 5.87. The molecule has 1 aliphatic carbocycles. The summed E-state index contributed by atoms with van der Waals surface area (Å²) >= 11 is 0. The van der Waals surface area contributed by atoms with Gasteiger partial charge in [0.25, 0.3) is 5.69 Å². The van der Waals surface area contributed by atoms with Crippen LogP contribution >= 0.6 is 0 Å². The Labute approximate surface area is 126 Å². The molecule has 0 amide bonds. The first kappa shape index (κ1) is 15.9. The first-order valence-corrected chi connectivity index (χ1v) is 7.83. The quantitative estimate of drug-likeness (QED) is 0.646. The Morgan fingerprint density at radius 1 is 1.24 bits per heavy atom. The molecule has 2 N–H and O–H groups in total. The fourth-order valence-electron chi connectivity index (χ4n) is 3.12. The van der Waals surface area contributed by atoms with E-state index in [2.05, 4.69) is 11.8 Å². The predicted molar refractivity (Wildman–Crippen MR) is 84.3 cm³/mol. The molecule has 116 valence electrons. The molecule has 21 heavy (non-hydrogen) atoms. The molecule has 1 aromatic carbocycles. The smallest absolute Gasteiger partial charge is 0.269 e. The molecule has 0 saturated heterocycles. The summed E-state index contributed by atoms with van der Waals surface area (Å²) in [6.45, 7) is 4.26. The molecule has 1 aliphatic rings.